The number of aromatic nitrogens is 2. The van der Waals surface area contributed by atoms with Gasteiger partial charge in [0.05, 0.1) is 11.4 Å². The number of nitrogens with zero attached hydrogens (tertiary/aromatic N) is 5. The first-order valence-electron chi connectivity index (χ1n) is 12.9. The van der Waals surface area contributed by atoms with Crippen LogP contribution in [0.1, 0.15) is 48.8 Å². The summed E-state index contributed by atoms with van der Waals surface area (Å²) in [5.41, 5.74) is 5.96. The molecule has 0 N–H and O–H groups in total. The van der Waals surface area contributed by atoms with Crippen molar-refractivity contribution in [2.24, 2.45) is 5.41 Å². The van der Waals surface area contributed by atoms with E-state index in [-0.39, 0.29) is 11.8 Å². The van der Waals surface area contributed by atoms with E-state index < -0.39 is 5.41 Å². The van der Waals surface area contributed by atoms with Gasteiger partial charge in [-0.3, -0.25) is 24.5 Å². The van der Waals surface area contributed by atoms with Crippen molar-refractivity contribution in [1.82, 2.24) is 14.9 Å². The van der Waals surface area contributed by atoms with E-state index in [0.29, 0.717) is 13.1 Å². The van der Waals surface area contributed by atoms with E-state index in [1.807, 2.05) is 32.2 Å². The molecule has 4 rings (SSSR count). The Labute approximate surface area is 220 Å². The highest BCUT2D eigenvalue weighted by molar-refractivity contribution is 6.19. The maximum Gasteiger partial charge on any atom is 0.242 e. The maximum absolute atomic E-state index is 13.3. The maximum atomic E-state index is 13.3. The molecule has 0 fully saturated rings. The number of fused-ring (bicyclic) bond motifs is 1. The molecule has 7 heteroatoms. The fourth-order valence-electron chi connectivity index (χ4n) is 4.97. The number of carbonyl (C=O) groups excluding carboxylic acids is 2. The lowest BCUT2D eigenvalue weighted by molar-refractivity contribution is -0.137. The average molecular weight is 500 g/mol. The molecule has 0 saturated carbocycles. The van der Waals surface area contributed by atoms with Crippen LogP contribution in [0.25, 0.3) is 0 Å². The molecule has 1 aliphatic heterocycles. The lowest BCUT2D eigenvalue weighted by atomic mass is 9.90. The van der Waals surface area contributed by atoms with Crippen LogP contribution in [0, 0.1) is 19.3 Å². The summed E-state index contributed by atoms with van der Waals surface area (Å²) in [7, 11) is 1.76. The molecule has 2 aromatic heterocycles. The van der Waals surface area contributed by atoms with E-state index in [4.69, 9.17) is 0 Å². The lowest BCUT2D eigenvalue weighted by Crippen LogP contribution is -2.47. The van der Waals surface area contributed by atoms with Gasteiger partial charge in [0.1, 0.15) is 5.41 Å². The summed E-state index contributed by atoms with van der Waals surface area (Å²) in [6.07, 6.45) is 4.58. The number of carbonyl (C=O) groups is 2. The van der Waals surface area contributed by atoms with Gasteiger partial charge in [-0.1, -0.05) is 18.2 Å². The first kappa shape index (κ1) is 26.5. The van der Waals surface area contributed by atoms with Crippen molar-refractivity contribution in [1.29, 1.82) is 0 Å². The molecular weight excluding hydrogens is 462 g/mol. The Bertz CT molecular complexity index is 1290. The second kappa shape index (κ2) is 10.8. The Morgan fingerprint density at radius 1 is 0.946 bits per heavy atom. The van der Waals surface area contributed by atoms with Crippen LogP contribution in [0.2, 0.25) is 0 Å². The molecule has 37 heavy (non-hydrogen) atoms. The summed E-state index contributed by atoms with van der Waals surface area (Å²) in [6.45, 7) is 12.2. The van der Waals surface area contributed by atoms with Gasteiger partial charge in [0.15, 0.2) is 0 Å². The summed E-state index contributed by atoms with van der Waals surface area (Å²) in [5.74, 6) is -0.361. The fourth-order valence-corrected chi connectivity index (χ4v) is 4.97. The highest BCUT2D eigenvalue weighted by Gasteiger charge is 2.45. The van der Waals surface area contributed by atoms with Crippen LogP contribution < -0.4 is 9.80 Å². The SMILES string of the molecule is CCN1C(=O)C(C)(C)C(=O)N(C)c2cc(CN(CCc3cccnc3)Cc3ccc(C)nc3C)ccc21. The minimum absolute atomic E-state index is 0.168. The van der Waals surface area contributed by atoms with Crippen molar-refractivity contribution in [3.63, 3.8) is 0 Å². The number of hydrogen-bond donors (Lipinski definition) is 0. The zero-order valence-corrected chi connectivity index (χ0v) is 22.8. The largest absolute Gasteiger partial charge is 0.313 e. The third-order valence-electron chi connectivity index (χ3n) is 7.20. The van der Waals surface area contributed by atoms with Crippen molar-refractivity contribution in [2.45, 2.75) is 54.1 Å². The zero-order chi connectivity index (χ0) is 26.7. The van der Waals surface area contributed by atoms with Gasteiger partial charge in [-0.25, -0.2) is 0 Å². The molecule has 1 aliphatic rings. The standard InChI is InChI=1S/C30H37N5O2/c1-7-35-26-13-11-24(17-27(26)33(6)28(36)30(4,5)29(35)37)19-34(16-14-23-9-8-15-31-18-23)20-25-12-10-21(2)32-22(25)3/h8-13,15,17-18H,7,14,16,19-20H2,1-6H3. The van der Waals surface area contributed by atoms with Gasteiger partial charge >= 0.3 is 0 Å². The zero-order valence-electron chi connectivity index (χ0n) is 22.8. The van der Waals surface area contributed by atoms with Crippen molar-refractivity contribution in [3.8, 4) is 0 Å². The smallest absolute Gasteiger partial charge is 0.242 e. The van der Waals surface area contributed by atoms with Crippen LogP contribution in [0.15, 0.2) is 54.9 Å². The van der Waals surface area contributed by atoms with Crippen LogP contribution >= 0.6 is 0 Å². The number of aryl methyl sites for hydroxylation is 2. The van der Waals surface area contributed by atoms with E-state index >= 15 is 0 Å². The van der Waals surface area contributed by atoms with Gasteiger partial charge in [0, 0.05) is 57.0 Å². The quantitative estimate of drug-likeness (QED) is 0.421. The molecule has 3 heterocycles. The van der Waals surface area contributed by atoms with Gasteiger partial charge in [0.25, 0.3) is 0 Å². The summed E-state index contributed by atoms with van der Waals surface area (Å²) < 4.78 is 0. The molecule has 0 bridgehead atoms. The minimum atomic E-state index is -1.12. The fraction of sp³-hybridized carbons (Fsp3) is 0.400. The average Bonchev–Trinajstić information content (AvgIpc) is 2.93. The van der Waals surface area contributed by atoms with Crippen LogP contribution in [-0.4, -0.2) is 46.8 Å². The topological polar surface area (TPSA) is 69.6 Å². The van der Waals surface area contributed by atoms with Gasteiger partial charge in [-0.15, -0.1) is 0 Å². The van der Waals surface area contributed by atoms with Crippen molar-refractivity contribution < 1.29 is 9.59 Å². The van der Waals surface area contributed by atoms with E-state index in [2.05, 4.69) is 52.1 Å². The highest BCUT2D eigenvalue weighted by atomic mass is 16.2. The van der Waals surface area contributed by atoms with Gasteiger partial charge < -0.3 is 9.80 Å². The first-order chi connectivity index (χ1) is 17.6. The summed E-state index contributed by atoms with van der Waals surface area (Å²) >= 11 is 0. The molecule has 7 nitrogen and oxygen atoms in total. The summed E-state index contributed by atoms with van der Waals surface area (Å²) in [5, 5.41) is 0. The molecule has 0 radical (unpaired) electrons. The van der Waals surface area contributed by atoms with Crippen molar-refractivity contribution in [2.75, 3.05) is 29.9 Å². The van der Waals surface area contributed by atoms with E-state index in [9.17, 15) is 9.59 Å². The van der Waals surface area contributed by atoms with Gasteiger partial charge in [0.2, 0.25) is 11.8 Å². The van der Waals surface area contributed by atoms with Crippen LogP contribution in [-0.2, 0) is 29.1 Å². The number of benzene rings is 1. The highest BCUT2D eigenvalue weighted by Crippen LogP contribution is 2.39. The summed E-state index contributed by atoms with van der Waals surface area (Å²) in [4.78, 5) is 41.2. The predicted octanol–water partition coefficient (Wildman–Crippen LogP) is 4.69. The van der Waals surface area contributed by atoms with Crippen molar-refractivity contribution in [3.05, 3.63) is 82.9 Å². The third-order valence-corrected chi connectivity index (χ3v) is 7.20. The number of anilines is 2. The Balaban J connectivity index is 1.65. The first-order valence-corrected chi connectivity index (χ1v) is 12.9. The van der Waals surface area contributed by atoms with Crippen LogP contribution in [0.4, 0.5) is 11.4 Å². The van der Waals surface area contributed by atoms with Gasteiger partial charge in [-0.05, 0) is 82.0 Å². The Kier molecular flexibility index (Phi) is 7.73. The monoisotopic (exact) mass is 499 g/mol. The molecule has 0 atom stereocenters. The minimum Gasteiger partial charge on any atom is -0.313 e. The number of pyridine rings is 2. The van der Waals surface area contributed by atoms with Crippen molar-refractivity contribution >= 4 is 23.2 Å². The Hall–Kier alpha value is -3.58. The lowest BCUT2D eigenvalue weighted by Gasteiger charge is -2.27. The summed E-state index contributed by atoms with van der Waals surface area (Å²) in [6, 6.07) is 14.4. The second-order valence-electron chi connectivity index (χ2n) is 10.4. The molecule has 0 aliphatic carbocycles. The number of rotatable bonds is 8. The van der Waals surface area contributed by atoms with Gasteiger partial charge in [-0.2, -0.15) is 0 Å². The normalized spacial score (nSPS) is 15.2. The number of hydrogen-bond acceptors (Lipinski definition) is 5. The van der Waals surface area contributed by atoms with E-state index in [1.54, 1.807) is 36.9 Å². The predicted molar refractivity (Wildman–Crippen MR) is 147 cm³/mol. The molecule has 0 spiro atoms. The van der Waals surface area contributed by atoms with E-state index in [1.165, 1.54) is 11.1 Å². The molecular formula is C30H37N5O2. The number of amides is 2. The van der Waals surface area contributed by atoms with Crippen LogP contribution in [0.5, 0.6) is 0 Å². The molecule has 194 valence electrons. The molecule has 2 amide bonds. The Morgan fingerprint density at radius 3 is 2.41 bits per heavy atom. The second-order valence-corrected chi connectivity index (χ2v) is 10.4. The molecule has 1 aromatic carbocycles. The van der Waals surface area contributed by atoms with E-state index in [0.717, 1.165) is 47.8 Å². The molecule has 3 aromatic rings. The third kappa shape index (κ3) is 5.57. The molecule has 0 unspecified atom stereocenters. The Morgan fingerprint density at radius 2 is 1.73 bits per heavy atom. The van der Waals surface area contributed by atoms with Crippen LogP contribution in [0.3, 0.4) is 0 Å². The molecule has 0 saturated heterocycles.